The highest BCUT2D eigenvalue weighted by Crippen LogP contribution is 2.35. The normalized spacial score (nSPS) is 20.0. The largest absolute Gasteiger partial charge is 0.382 e. The molecule has 0 radical (unpaired) electrons. The van der Waals surface area contributed by atoms with Gasteiger partial charge in [0.1, 0.15) is 17.5 Å². The van der Waals surface area contributed by atoms with Gasteiger partial charge >= 0.3 is 0 Å². The third-order valence-corrected chi connectivity index (χ3v) is 5.39. The topological polar surface area (TPSA) is 68.0 Å². The van der Waals surface area contributed by atoms with E-state index in [2.05, 4.69) is 10.3 Å². The summed E-state index contributed by atoms with van der Waals surface area (Å²) < 4.78 is 26.4. The van der Waals surface area contributed by atoms with Gasteiger partial charge in [-0.05, 0) is 49.3 Å². The first kappa shape index (κ1) is 17.9. The summed E-state index contributed by atoms with van der Waals surface area (Å²) in [5, 5.41) is 3.57. The van der Waals surface area contributed by atoms with Crippen molar-refractivity contribution in [1.82, 2.24) is 4.98 Å². The Morgan fingerprint density at radius 1 is 1.36 bits per heavy atom. The molecule has 3 N–H and O–H groups in total. The van der Waals surface area contributed by atoms with Gasteiger partial charge in [0, 0.05) is 24.7 Å². The molecular formula is C18H21F2N3OS. The van der Waals surface area contributed by atoms with Gasteiger partial charge in [-0.25, -0.2) is 13.8 Å². The fourth-order valence-corrected chi connectivity index (χ4v) is 3.70. The molecule has 0 spiro atoms. The van der Waals surface area contributed by atoms with E-state index < -0.39 is 11.7 Å². The van der Waals surface area contributed by atoms with E-state index in [-0.39, 0.29) is 30.5 Å². The molecule has 4 nitrogen and oxygen atoms in total. The monoisotopic (exact) mass is 365 g/mol. The third kappa shape index (κ3) is 5.56. The number of hydrogen-bond donors (Lipinski definition) is 2. The van der Waals surface area contributed by atoms with Gasteiger partial charge < -0.3 is 11.1 Å². The summed E-state index contributed by atoms with van der Waals surface area (Å²) in [5.74, 6) is 0.523. The van der Waals surface area contributed by atoms with Crippen molar-refractivity contribution in [2.75, 3.05) is 16.8 Å². The zero-order valence-corrected chi connectivity index (χ0v) is 14.6. The summed E-state index contributed by atoms with van der Waals surface area (Å²) in [6, 6.07) is 3.59. The molecule has 2 aliphatic rings. The molecule has 3 rings (SSSR count). The van der Waals surface area contributed by atoms with E-state index in [9.17, 15) is 13.6 Å². The van der Waals surface area contributed by atoms with E-state index in [1.54, 1.807) is 17.8 Å². The molecule has 2 aliphatic carbocycles. The Balaban J connectivity index is 1.48. The van der Waals surface area contributed by atoms with Gasteiger partial charge in [0.15, 0.2) is 0 Å². The average Bonchev–Trinajstić information content (AvgIpc) is 3.37. The number of anilines is 2. The van der Waals surface area contributed by atoms with E-state index in [0.29, 0.717) is 12.1 Å². The molecule has 1 heterocycles. The number of aromatic nitrogens is 1. The first-order valence-corrected chi connectivity index (χ1v) is 9.40. The van der Waals surface area contributed by atoms with E-state index in [1.165, 1.54) is 18.9 Å². The quantitative estimate of drug-likeness (QED) is 0.692. The smallest absolute Gasteiger partial charge is 0.224 e. The summed E-state index contributed by atoms with van der Waals surface area (Å²) in [7, 11) is 0. The fourth-order valence-electron chi connectivity index (χ4n) is 2.64. The van der Waals surface area contributed by atoms with Gasteiger partial charge in [0.2, 0.25) is 5.91 Å². The second-order valence-electron chi connectivity index (χ2n) is 6.53. The van der Waals surface area contributed by atoms with E-state index in [4.69, 9.17) is 5.73 Å². The van der Waals surface area contributed by atoms with Crippen molar-refractivity contribution in [3.8, 4) is 0 Å². The van der Waals surface area contributed by atoms with E-state index in [1.807, 2.05) is 6.07 Å². The van der Waals surface area contributed by atoms with Gasteiger partial charge in [0.05, 0.1) is 10.7 Å². The van der Waals surface area contributed by atoms with Crippen molar-refractivity contribution in [3.05, 3.63) is 35.9 Å². The molecule has 0 saturated heterocycles. The van der Waals surface area contributed by atoms with Crippen molar-refractivity contribution in [1.29, 1.82) is 0 Å². The molecule has 0 bridgehead atoms. The van der Waals surface area contributed by atoms with Crippen LogP contribution >= 0.6 is 11.8 Å². The lowest BCUT2D eigenvalue weighted by Crippen LogP contribution is -2.15. The fraction of sp³-hybridized carbons (Fsp3) is 0.444. The van der Waals surface area contributed by atoms with Crippen LogP contribution < -0.4 is 11.1 Å². The second kappa shape index (κ2) is 7.99. The molecule has 134 valence electrons. The Bertz CT molecular complexity index is 716. The number of nitrogens with one attached hydrogen (secondary N) is 1. The van der Waals surface area contributed by atoms with Crippen LogP contribution in [0.4, 0.5) is 20.3 Å². The SMILES string of the molecule is Nc1nc(SCC2CC2)ccc1NC(=O)CCC1C=C(F)C=C(F)C1. The maximum atomic E-state index is 13.2. The Morgan fingerprint density at radius 3 is 2.84 bits per heavy atom. The summed E-state index contributed by atoms with van der Waals surface area (Å²) in [5.41, 5.74) is 6.38. The number of allylic oxidation sites excluding steroid dienone is 4. The Hall–Kier alpha value is -1.89. The molecular weight excluding hydrogens is 344 g/mol. The van der Waals surface area contributed by atoms with E-state index in [0.717, 1.165) is 22.8 Å². The zero-order valence-electron chi connectivity index (χ0n) is 13.8. The number of carbonyl (C=O) groups is 1. The van der Waals surface area contributed by atoms with Gasteiger partial charge in [0.25, 0.3) is 0 Å². The van der Waals surface area contributed by atoms with Crippen LogP contribution in [-0.2, 0) is 4.79 Å². The maximum Gasteiger partial charge on any atom is 0.224 e. The minimum atomic E-state index is -0.582. The molecule has 1 saturated carbocycles. The number of thioether (sulfide) groups is 1. The highest BCUT2D eigenvalue weighted by molar-refractivity contribution is 7.99. The number of nitrogens with zero attached hydrogens (tertiary/aromatic N) is 1. The molecule has 7 heteroatoms. The average molecular weight is 365 g/mol. The lowest BCUT2D eigenvalue weighted by molar-refractivity contribution is -0.116. The molecule has 25 heavy (non-hydrogen) atoms. The third-order valence-electron chi connectivity index (χ3n) is 4.23. The molecule has 1 amide bonds. The van der Waals surface area contributed by atoms with Crippen LogP contribution in [0.1, 0.15) is 32.1 Å². The Morgan fingerprint density at radius 2 is 2.16 bits per heavy atom. The minimum absolute atomic E-state index is 0.136. The molecule has 1 atom stereocenters. The van der Waals surface area contributed by atoms with Crippen LogP contribution in [0.5, 0.6) is 0 Å². The predicted molar refractivity (Wildman–Crippen MR) is 96.5 cm³/mol. The van der Waals surface area contributed by atoms with Gasteiger partial charge in [-0.3, -0.25) is 4.79 Å². The molecule has 1 unspecified atom stereocenters. The summed E-state index contributed by atoms with van der Waals surface area (Å²) in [4.78, 5) is 16.4. The molecule has 1 aromatic heterocycles. The number of hydrogen-bond acceptors (Lipinski definition) is 4. The number of carbonyl (C=O) groups excluding carboxylic acids is 1. The van der Waals surface area contributed by atoms with E-state index >= 15 is 0 Å². The maximum absolute atomic E-state index is 13.2. The highest BCUT2D eigenvalue weighted by Gasteiger charge is 2.21. The van der Waals surface area contributed by atoms with Crippen LogP contribution in [0.25, 0.3) is 0 Å². The number of amides is 1. The van der Waals surface area contributed by atoms with Crippen molar-refractivity contribution < 1.29 is 13.6 Å². The van der Waals surface area contributed by atoms with Crippen LogP contribution in [0.15, 0.2) is 41.0 Å². The van der Waals surface area contributed by atoms with Crippen LogP contribution in [-0.4, -0.2) is 16.6 Å². The lowest BCUT2D eigenvalue weighted by atomic mass is 9.94. The number of halogens is 2. The van der Waals surface area contributed by atoms with Crippen molar-refractivity contribution in [2.45, 2.75) is 37.1 Å². The first-order valence-electron chi connectivity index (χ1n) is 8.42. The first-order chi connectivity index (χ1) is 12.0. The Labute approximate surface area is 150 Å². The highest BCUT2D eigenvalue weighted by atomic mass is 32.2. The predicted octanol–water partition coefficient (Wildman–Crippen LogP) is 4.61. The molecule has 0 aromatic carbocycles. The Kier molecular flexibility index (Phi) is 5.73. The lowest BCUT2D eigenvalue weighted by Gasteiger charge is -2.15. The number of pyridine rings is 1. The number of rotatable bonds is 7. The van der Waals surface area contributed by atoms with Crippen molar-refractivity contribution in [2.24, 2.45) is 11.8 Å². The second-order valence-corrected chi connectivity index (χ2v) is 7.57. The molecule has 1 fully saturated rings. The van der Waals surface area contributed by atoms with Crippen LogP contribution in [0, 0.1) is 11.8 Å². The standard InChI is InChI=1S/C18H21F2N3OS/c19-13-7-12(8-14(20)9-13)3-5-16(24)22-15-4-6-17(23-18(15)21)25-10-11-1-2-11/h4,6-7,9,11-12H,1-3,5,8,10H2,(H2,21,23)(H,22,24). The van der Waals surface area contributed by atoms with Crippen molar-refractivity contribution >= 4 is 29.2 Å². The number of nitrogen functional groups attached to an aromatic ring is 1. The zero-order chi connectivity index (χ0) is 17.8. The van der Waals surface area contributed by atoms with Crippen LogP contribution in [0.2, 0.25) is 0 Å². The van der Waals surface area contributed by atoms with Gasteiger partial charge in [-0.15, -0.1) is 11.8 Å². The van der Waals surface area contributed by atoms with Crippen molar-refractivity contribution in [3.63, 3.8) is 0 Å². The minimum Gasteiger partial charge on any atom is -0.382 e. The number of nitrogens with two attached hydrogens (primary N) is 1. The molecule has 0 aliphatic heterocycles. The van der Waals surface area contributed by atoms with Gasteiger partial charge in [-0.2, -0.15) is 0 Å². The summed E-state index contributed by atoms with van der Waals surface area (Å²) in [6.07, 6.45) is 5.50. The summed E-state index contributed by atoms with van der Waals surface area (Å²) in [6.45, 7) is 0. The van der Waals surface area contributed by atoms with Gasteiger partial charge in [-0.1, -0.05) is 0 Å². The van der Waals surface area contributed by atoms with Crippen LogP contribution in [0.3, 0.4) is 0 Å². The molecule has 1 aromatic rings. The summed E-state index contributed by atoms with van der Waals surface area (Å²) >= 11 is 1.68.